The average Bonchev–Trinajstić information content (AvgIpc) is 2.87. The summed E-state index contributed by atoms with van der Waals surface area (Å²) in [5, 5.41) is 0. The highest BCUT2D eigenvalue weighted by molar-refractivity contribution is 9.10. The summed E-state index contributed by atoms with van der Waals surface area (Å²) in [6, 6.07) is 16.3. The van der Waals surface area contributed by atoms with E-state index in [0.717, 1.165) is 39.4 Å². The number of fused-ring (bicyclic) bond motifs is 3. The van der Waals surface area contributed by atoms with Crippen LogP contribution in [0.2, 0.25) is 0 Å². The number of aromatic nitrogens is 2. The van der Waals surface area contributed by atoms with E-state index in [0.29, 0.717) is 6.61 Å². The number of imidazole rings is 1. The predicted molar refractivity (Wildman–Crippen MR) is 86.3 cm³/mol. The van der Waals surface area contributed by atoms with Gasteiger partial charge in [-0.3, -0.25) is 0 Å². The van der Waals surface area contributed by atoms with Gasteiger partial charge in [-0.1, -0.05) is 46.3 Å². The zero-order chi connectivity index (χ0) is 14.2. The number of benzene rings is 2. The van der Waals surface area contributed by atoms with Gasteiger partial charge >= 0.3 is 0 Å². The minimum absolute atomic E-state index is 0.659. The highest BCUT2D eigenvalue weighted by atomic mass is 79.9. The molecule has 0 fully saturated rings. The third kappa shape index (κ3) is 2.25. The second kappa shape index (κ2) is 5.04. The minimum Gasteiger partial charge on any atom is -0.491 e. The summed E-state index contributed by atoms with van der Waals surface area (Å²) in [7, 11) is 0. The van der Waals surface area contributed by atoms with Crippen LogP contribution in [0.5, 0.6) is 5.75 Å². The van der Waals surface area contributed by atoms with Gasteiger partial charge in [0, 0.05) is 16.2 Å². The first-order valence-electron chi connectivity index (χ1n) is 6.86. The molecule has 21 heavy (non-hydrogen) atoms. The first-order chi connectivity index (χ1) is 10.3. The molecule has 4 heteroatoms. The van der Waals surface area contributed by atoms with Crippen LogP contribution in [-0.2, 0) is 6.54 Å². The topological polar surface area (TPSA) is 27.1 Å². The molecule has 0 saturated heterocycles. The van der Waals surface area contributed by atoms with Crippen molar-refractivity contribution in [2.45, 2.75) is 6.54 Å². The van der Waals surface area contributed by atoms with Crippen LogP contribution in [0, 0.1) is 0 Å². The van der Waals surface area contributed by atoms with Crippen LogP contribution in [0.3, 0.4) is 0 Å². The van der Waals surface area contributed by atoms with Crippen molar-refractivity contribution in [3.05, 3.63) is 59.2 Å². The zero-order valence-electron chi connectivity index (χ0n) is 11.3. The second-order valence-electron chi connectivity index (χ2n) is 5.00. The molecule has 1 aliphatic rings. The molecule has 3 aromatic rings. The maximum absolute atomic E-state index is 5.81. The van der Waals surface area contributed by atoms with E-state index in [1.807, 2.05) is 30.3 Å². The van der Waals surface area contributed by atoms with E-state index in [-0.39, 0.29) is 0 Å². The van der Waals surface area contributed by atoms with Gasteiger partial charge in [0.05, 0.1) is 17.8 Å². The summed E-state index contributed by atoms with van der Waals surface area (Å²) in [6.45, 7) is 1.47. The Morgan fingerprint density at radius 1 is 1.10 bits per heavy atom. The Morgan fingerprint density at radius 2 is 1.95 bits per heavy atom. The quantitative estimate of drug-likeness (QED) is 0.657. The van der Waals surface area contributed by atoms with Gasteiger partial charge in [0.25, 0.3) is 0 Å². The monoisotopic (exact) mass is 340 g/mol. The van der Waals surface area contributed by atoms with Gasteiger partial charge in [-0.2, -0.15) is 0 Å². The lowest BCUT2D eigenvalue weighted by atomic mass is 10.2. The van der Waals surface area contributed by atoms with E-state index in [4.69, 9.17) is 9.72 Å². The van der Waals surface area contributed by atoms with Gasteiger partial charge in [0.15, 0.2) is 0 Å². The number of rotatable bonds is 1. The van der Waals surface area contributed by atoms with Crippen molar-refractivity contribution in [1.29, 1.82) is 0 Å². The Morgan fingerprint density at radius 3 is 2.81 bits per heavy atom. The summed E-state index contributed by atoms with van der Waals surface area (Å²) in [6.07, 6.45) is 2.10. The molecule has 0 bridgehead atoms. The zero-order valence-corrected chi connectivity index (χ0v) is 12.9. The van der Waals surface area contributed by atoms with Gasteiger partial charge in [0.1, 0.15) is 18.2 Å². The minimum atomic E-state index is 0.659. The number of ether oxygens (including phenoxy) is 1. The van der Waals surface area contributed by atoms with Gasteiger partial charge in [-0.05, 0) is 18.2 Å². The van der Waals surface area contributed by atoms with E-state index in [9.17, 15) is 0 Å². The highest BCUT2D eigenvalue weighted by Gasteiger charge is 2.19. The standard InChI is InChI=1S/C17H13BrN2O/c18-13-6-7-16-14(10-13)17-19-15(11-20(17)8-9-21-16)12-4-2-1-3-5-12/h1-7,10-11H,8-9H2. The first-order valence-corrected chi connectivity index (χ1v) is 7.66. The molecule has 0 aliphatic carbocycles. The molecular weight excluding hydrogens is 328 g/mol. The van der Waals surface area contributed by atoms with E-state index in [2.05, 4.69) is 44.9 Å². The van der Waals surface area contributed by atoms with Gasteiger partial charge < -0.3 is 9.30 Å². The van der Waals surface area contributed by atoms with Crippen molar-refractivity contribution >= 4 is 15.9 Å². The summed E-state index contributed by atoms with van der Waals surface area (Å²) in [5.74, 6) is 1.85. The molecule has 104 valence electrons. The van der Waals surface area contributed by atoms with Crippen molar-refractivity contribution in [1.82, 2.24) is 9.55 Å². The van der Waals surface area contributed by atoms with Crippen LogP contribution < -0.4 is 4.74 Å². The average molecular weight is 341 g/mol. The van der Waals surface area contributed by atoms with Crippen molar-refractivity contribution in [2.24, 2.45) is 0 Å². The van der Waals surface area contributed by atoms with E-state index in [1.54, 1.807) is 0 Å². The van der Waals surface area contributed by atoms with Crippen LogP contribution in [0.1, 0.15) is 0 Å². The molecular formula is C17H13BrN2O. The molecule has 2 aromatic carbocycles. The molecule has 0 atom stereocenters. The van der Waals surface area contributed by atoms with Gasteiger partial charge in [-0.15, -0.1) is 0 Å². The third-order valence-corrected chi connectivity index (χ3v) is 4.11. The molecule has 4 rings (SSSR count). The molecule has 0 radical (unpaired) electrons. The van der Waals surface area contributed by atoms with Crippen LogP contribution >= 0.6 is 15.9 Å². The van der Waals surface area contributed by atoms with Crippen LogP contribution in [-0.4, -0.2) is 16.2 Å². The summed E-state index contributed by atoms with van der Waals surface area (Å²) in [5.41, 5.74) is 3.16. The Balaban J connectivity index is 1.89. The molecule has 0 amide bonds. The molecule has 1 aromatic heterocycles. The van der Waals surface area contributed by atoms with Crippen molar-refractivity contribution in [3.8, 4) is 28.4 Å². The maximum atomic E-state index is 5.81. The molecule has 0 unspecified atom stereocenters. The SMILES string of the molecule is Brc1ccc2c(c1)-c1nc(-c3ccccc3)cn1CCO2. The third-order valence-electron chi connectivity index (χ3n) is 3.62. The molecule has 3 nitrogen and oxygen atoms in total. The summed E-state index contributed by atoms with van der Waals surface area (Å²) < 4.78 is 9.01. The fourth-order valence-electron chi connectivity index (χ4n) is 2.61. The Labute approximate surface area is 131 Å². The van der Waals surface area contributed by atoms with Crippen molar-refractivity contribution in [2.75, 3.05) is 6.61 Å². The normalized spacial score (nSPS) is 13.0. The fourth-order valence-corrected chi connectivity index (χ4v) is 2.97. The number of halogens is 1. The highest BCUT2D eigenvalue weighted by Crippen LogP contribution is 2.35. The van der Waals surface area contributed by atoms with Crippen molar-refractivity contribution in [3.63, 3.8) is 0 Å². The summed E-state index contributed by atoms with van der Waals surface area (Å²) in [4.78, 5) is 4.83. The Hall–Kier alpha value is -2.07. The number of hydrogen-bond acceptors (Lipinski definition) is 2. The van der Waals surface area contributed by atoms with E-state index >= 15 is 0 Å². The number of hydrogen-bond donors (Lipinski definition) is 0. The molecule has 1 aliphatic heterocycles. The first kappa shape index (κ1) is 12.7. The largest absolute Gasteiger partial charge is 0.491 e. The van der Waals surface area contributed by atoms with Crippen LogP contribution in [0.15, 0.2) is 59.2 Å². The van der Waals surface area contributed by atoms with Crippen LogP contribution in [0.4, 0.5) is 0 Å². The van der Waals surface area contributed by atoms with Gasteiger partial charge in [-0.25, -0.2) is 4.98 Å². The fraction of sp³-hybridized carbons (Fsp3) is 0.118. The lowest BCUT2D eigenvalue weighted by Crippen LogP contribution is -2.04. The molecule has 0 spiro atoms. The van der Waals surface area contributed by atoms with Gasteiger partial charge in [0.2, 0.25) is 0 Å². The smallest absolute Gasteiger partial charge is 0.144 e. The van der Waals surface area contributed by atoms with E-state index < -0.39 is 0 Å². The Kier molecular flexibility index (Phi) is 3.04. The molecule has 0 N–H and O–H groups in total. The maximum Gasteiger partial charge on any atom is 0.144 e. The van der Waals surface area contributed by atoms with Crippen LogP contribution in [0.25, 0.3) is 22.6 Å². The predicted octanol–water partition coefficient (Wildman–Crippen LogP) is 4.37. The van der Waals surface area contributed by atoms with Crippen molar-refractivity contribution < 1.29 is 4.74 Å². The van der Waals surface area contributed by atoms with E-state index in [1.165, 1.54) is 0 Å². The lowest BCUT2D eigenvalue weighted by Gasteiger charge is -2.06. The Bertz CT molecular complexity index is 796. The lowest BCUT2D eigenvalue weighted by molar-refractivity contribution is 0.306. The second-order valence-corrected chi connectivity index (χ2v) is 5.91. The number of nitrogens with zero attached hydrogens (tertiary/aromatic N) is 2. The summed E-state index contributed by atoms with van der Waals surface area (Å²) >= 11 is 3.53. The molecule has 2 heterocycles. The molecule has 0 saturated carbocycles.